The van der Waals surface area contributed by atoms with E-state index >= 15 is 0 Å². The number of isocyanates is 1. The molecule has 0 aliphatic carbocycles. The Morgan fingerprint density at radius 2 is 2.36 bits per heavy atom. The van der Waals surface area contributed by atoms with Crippen LogP contribution >= 0.6 is 27.7 Å². The lowest BCUT2D eigenvalue weighted by molar-refractivity contribution is 0.563. The van der Waals surface area contributed by atoms with E-state index in [0.717, 1.165) is 15.8 Å². The second-order valence-corrected chi connectivity index (χ2v) is 4.77. The number of aliphatic imine (C=N–C) groups is 1. The molecule has 0 heterocycles. The van der Waals surface area contributed by atoms with Crippen LogP contribution in [-0.4, -0.2) is 11.8 Å². The molecule has 0 amide bonds. The van der Waals surface area contributed by atoms with Gasteiger partial charge in [-0.1, -0.05) is 13.0 Å². The van der Waals surface area contributed by atoms with Crippen molar-refractivity contribution in [3.8, 4) is 0 Å². The Morgan fingerprint density at radius 1 is 1.57 bits per heavy atom. The van der Waals surface area contributed by atoms with Gasteiger partial charge in [0, 0.05) is 9.37 Å². The van der Waals surface area contributed by atoms with E-state index in [2.05, 4.69) is 27.8 Å². The molecule has 0 aromatic heterocycles. The van der Waals surface area contributed by atoms with E-state index in [1.165, 1.54) is 11.0 Å². The summed E-state index contributed by atoms with van der Waals surface area (Å²) in [4.78, 5) is 14.7. The highest BCUT2D eigenvalue weighted by molar-refractivity contribution is 9.10. The average Bonchev–Trinajstić information content (AvgIpc) is 2.19. The van der Waals surface area contributed by atoms with E-state index in [1.807, 2.05) is 18.2 Å². The molecule has 0 fully saturated rings. The molecule has 0 saturated carbocycles. The Bertz CT molecular complexity index is 361. The van der Waals surface area contributed by atoms with Gasteiger partial charge in [-0.3, -0.25) is 0 Å². The van der Waals surface area contributed by atoms with Gasteiger partial charge in [0.15, 0.2) is 0 Å². The number of halogens is 1. The minimum absolute atomic E-state index is 0.402. The smallest absolute Gasteiger partial charge is 0.211 e. The fraction of sp³-hybridized carbons (Fsp3) is 0.300. The van der Waals surface area contributed by atoms with E-state index < -0.39 is 0 Å². The van der Waals surface area contributed by atoms with Gasteiger partial charge in [0.05, 0.1) is 6.54 Å². The second-order valence-electron chi connectivity index (χ2n) is 2.61. The molecule has 0 unspecified atom stereocenters. The molecule has 0 spiro atoms. The van der Waals surface area contributed by atoms with E-state index in [1.54, 1.807) is 11.8 Å². The zero-order valence-corrected chi connectivity index (χ0v) is 10.2. The lowest BCUT2D eigenvalue weighted by Crippen LogP contribution is -1.83. The van der Waals surface area contributed by atoms with Gasteiger partial charge in [-0.2, -0.15) is 0 Å². The first kappa shape index (κ1) is 11.5. The van der Waals surface area contributed by atoms with E-state index in [-0.39, 0.29) is 0 Å². The molecule has 1 aromatic carbocycles. The zero-order chi connectivity index (χ0) is 10.4. The Kier molecular flexibility index (Phi) is 4.94. The maximum absolute atomic E-state index is 9.93. The van der Waals surface area contributed by atoms with Crippen LogP contribution in [0.2, 0.25) is 0 Å². The van der Waals surface area contributed by atoms with Crippen LogP contribution in [0.4, 0.5) is 0 Å². The molecule has 2 nitrogen and oxygen atoms in total. The van der Waals surface area contributed by atoms with Gasteiger partial charge in [0.25, 0.3) is 0 Å². The van der Waals surface area contributed by atoms with Crippen molar-refractivity contribution in [1.82, 2.24) is 0 Å². The van der Waals surface area contributed by atoms with Crippen LogP contribution < -0.4 is 0 Å². The maximum atomic E-state index is 9.93. The van der Waals surface area contributed by atoms with Crippen LogP contribution in [0.3, 0.4) is 0 Å². The van der Waals surface area contributed by atoms with Crippen molar-refractivity contribution in [2.75, 3.05) is 5.75 Å². The highest BCUT2D eigenvalue weighted by Crippen LogP contribution is 2.28. The molecule has 4 heteroatoms. The summed E-state index contributed by atoms with van der Waals surface area (Å²) in [5.41, 5.74) is 1.01. The number of carbonyl (C=O) groups excluding carboxylic acids is 1. The van der Waals surface area contributed by atoms with Crippen molar-refractivity contribution in [3.05, 3.63) is 28.2 Å². The molecule has 0 bridgehead atoms. The third kappa shape index (κ3) is 3.29. The topological polar surface area (TPSA) is 29.4 Å². The Hall–Kier alpha value is -0.570. The lowest BCUT2D eigenvalue weighted by atomic mass is 10.2. The van der Waals surface area contributed by atoms with Gasteiger partial charge in [0.1, 0.15) is 0 Å². The van der Waals surface area contributed by atoms with E-state index in [9.17, 15) is 4.79 Å². The Morgan fingerprint density at radius 3 is 2.93 bits per heavy atom. The van der Waals surface area contributed by atoms with Gasteiger partial charge in [-0.15, -0.1) is 11.8 Å². The molecule has 1 rings (SSSR count). The van der Waals surface area contributed by atoms with Crippen molar-refractivity contribution in [2.45, 2.75) is 18.4 Å². The molecule has 74 valence electrons. The van der Waals surface area contributed by atoms with E-state index in [0.29, 0.717) is 6.54 Å². The number of thioether (sulfide) groups is 1. The number of rotatable bonds is 4. The summed E-state index contributed by atoms with van der Waals surface area (Å²) in [5.74, 6) is 1.05. The quantitative estimate of drug-likeness (QED) is 0.477. The van der Waals surface area contributed by atoms with Crippen LogP contribution in [-0.2, 0) is 11.3 Å². The normalized spacial score (nSPS) is 9.57. The predicted octanol–water partition coefficient (Wildman–Crippen LogP) is 3.40. The van der Waals surface area contributed by atoms with Crippen LogP contribution in [0.15, 0.2) is 32.6 Å². The summed E-state index contributed by atoms with van der Waals surface area (Å²) in [7, 11) is 0. The van der Waals surface area contributed by atoms with Crippen LogP contribution in [0.25, 0.3) is 0 Å². The number of hydrogen-bond acceptors (Lipinski definition) is 3. The number of hydrogen-bond donors (Lipinski definition) is 0. The molecule has 14 heavy (non-hydrogen) atoms. The molecule has 1 aromatic rings. The first-order valence-electron chi connectivity index (χ1n) is 4.22. The highest BCUT2D eigenvalue weighted by atomic mass is 79.9. The molecule has 0 aliphatic rings. The van der Waals surface area contributed by atoms with Crippen molar-refractivity contribution in [2.24, 2.45) is 4.99 Å². The van der Waals surface area contributed by atoms with Crippen molar-refractivity contribution in [3.63, 3.8) is 0 Å². The molecule has 0 radical (unpaired) electrons. The molecule has 0 aliphatic heterocycles. The Balaban J connectivity index is 2.82. The van der Waals surface area contributed by atoms with E-state index in [4.69, 9.17) is 0 Å². The third-order valence-electron chi connectivity index (χ3n) is 1.62. The summed E-state index contributed by atoms with van der Waals surface area (Å²) in [6, 6.07) is 6.00. The van der Waals surface area contributed by atoms with Gasteiger partial charge < -0.3 is 0 Å². The summed E-state index contributed by atoms with van der Waals surface area (Å²) < 4.78 is 1.06. The van der Waals surface area contributed by atoms with Crippen LogP contribution in [0, 0.1) is 0 Å². The van der Waals surface area contributed by atoms with Crippen molar-refractivity contribution >= 4 is 33.8 Å². The zero-order valence-electron chi connectivity index (χ0n) is 7.79. The highest BCUT2D eigenvalue weighted by Gasteiger charge is 2.00. The summed E-state index contributed by atoms with van der Waals surface area (Å²) in [6.45, 7) is 2.51. The minimum atomic E-state index is 0.402. The molecule has 0 atom stereocenters. The van der Waals surface area contributed by atoms with Gasteiger partial charge >= 0.3 is 0 Å². The fourth-order valence-electron chi connectivity index (χ4n) is 1.04. The predicted molar refractivity (Wildman–Crippen MR) is 62.4 cm³/mol. The molecule has 0 saturated heterocycles. The standard InChI is InChI=1S/C10H10BrNOS/c1-2-14-10-4-3-8(5-9(10)11)6-12-7-13/h3-5H,2,6H2,1H3. The Labute approximate surface area is 95.9 Å². The maximum Gasteiger partial charge on any atom is 0.235 e. The molecular formula is C10H10BrNOS. The monoisotopic (exact) mass is 271 g/mol. The van der Waals surface area contributed by atoms with Crippen molar-refractivity contribution < 1.29 is 4.79 Å². The van der Waals surface area contributed by atoms with Crippen LogP contribution in [0.5, 0.6) is 0 Å². The fourth-order valence-corrected chi connectivity index (χ4v) is 2.48. The van der Waals surface area contributed by atoms with Crippen LogP contribution in [0.1, 0.15) is 12.5 Å². The van der Waals surface area contributed by atoms with Gasteiger partial charge in [-0.05, 0) is 39.4 Å². The summed E-state index contributed by atoms with van der Waals surface area (Å²) in [6.07, 6.45) is 1.53. The van der Waals surface area contributed by atoms with Crippen molar-refractivity contribution in [1.29, 1.82) is 0 Å². The lowest BCUT2D eigenvalue weighted by Gasteiger charge is -2.03. The summed E-state index contributed by atoms with van der Waals surface area (Å²) >= 11 is 5.26. The molecular weight excluding hydrogens is 262 g/mol. The van der Waals surface area contributed by atoms with Gasteiger partial charge in [0.2, 0.25) is 6.08 Å². The second kappa shape index (κ2) is 6.02. The third-order valence-corrected chi connectivity index (χ3v) is 3.50. The average molecular weight is 272 g/mol. The number of nitrogens with zero attached hydrogens (tertiary/aromatic N) is 1. The first-order chi connectivity index (χ1) is 6.77. The SMILES string of the molecule is CCSc1ccc(CN=C=O)cc1Br. The number of benzene rings is 1. The molecule has 0 N–H and O–H groups in total. The summed E-state index contributed by atoms with van der Waals surface area (Å²) in [5, 5.41) is 0. The van der Waals surface area contributed by atoms with Gasteiger partial charge in [-0.25, -0.2) is 9.79 Å². The largest absolute Gasteiger partial charge is 0.235 e. The minimum Gasteiger partial charge on any atom is -0.211 e. The first-order valence-corrected chi connectivity index (χ1v) is 6.00.